The van der Waals surface area contributed by atoms with Crippen LogP contribution >= 0.6 is 0 Å². The number of nitrogens with zero attached hydrogens (tertiary/aromatic N) is 4. The molecule has 4 atom stereocenters. The summed E-state index contributed by atoms with van der Waals surface area (Å²) in [5.74, 6) is 0.585. The second-order valence-corrected chi connectivity index (χ2v) is 6.44. The van der Waals surface area contributed by atoms with Gasteiger partial charge in [0.25, 0.3) is 0 Å². The molecule has 27 heavy (non-hydrogen) atoms. The molecule has 4 N–H and O–H groups in total. The van der Waals surface area contributed by atoms with E-state index in [2.05, 4.69) is 32.4 Å². The lowest BCUT2D eigenvalue weighted by Crippen LogP contribution is -2.33. The average molecular weight is 371 g/mol. The quantitative estimate of drug-likeness (QED) is 0.480. The Labute approximate surface area is 155 Å². The third-order valence-electron chi connectivity index (χ3n) is 4.70. The summed E-state index contributed by atoms with van der Waals surface area (Å²) in [5.41, 5.74) is 2.23. The number of fused-ring (bicyclic) bond motifs is 1. The molecule has 2 aromatic heterocycles. The molecule has 4 rings (SSSR count). The maximum Gasteiger partial charge on any atom is 0.167 e. The highest BCUT2D eigenvalue weighted by molar-refractivity contribution is 5.82. The second-order valence-electron chi connectivity index (χ2n) is 6.44. The van der Waals surface area contributed by atoms with Crippen molar-refractivity contribution in [3.05, 3.63) is 48.5 Å². The number of aromatic nitrogens is 4. The van der Waals surface area contributed by atoms with Gasteiger partial charge in [-0.2, -0.15) is 0 Å². The third kappa shape index (κ3) is 3.37. The minimum atomic E-state index is -1.19. The number of aliphatic hydroxyl groups excluding tert-OH is 3. The number of benzene rings is 1. The van der Waals surface area contributed by atoms with Crippen molar-refractivity contribution >= 4 is 17.0 Å². The lowest BCUT2D eigenvalue weighted by molar-refractivity contribution is -0.0511. The fourth-order valence-corrected chi connectivity index (χ4v) is 3.25. The molecule has 0 saturated carbocycles. The molecule has 142 valence electrons. The third-order valence-corrected chi connectivity index (χ3v) is 4.70. The molecule has 1 aliphatic rings. The number of nitrogens with one attached hydrogen (secondary N) is 1. The van der Waals surface area contributed by atoms with Crippen LogP contribution in [0, 0.1) is 0 Å². The van der Waals surface area contributed by atoms with E-state index in [1.807, 2.05) is 18.2 Å². The smallest absolute Gasteiger partial charge is 0.167 e. The van der Waals surface area contributed by atoms with Gasteiger partial charge in [-0.1, -0.05) is 30.3 Å². The summed E-state index contributed by atoms with van der Waals surface area (Å²) < 4.78 is 7.10. The van der Waals surface area contributed by atoms with E-state index in [4.69, 9.17) is 4.74 Å². The maximum atomic E-state index is 10.2. The molecule has 9 nitrogen and oxygen atoms in total. The summed E-state index contributed by atoms with van der Waals surface area (Å²) in [7, 11) is 0. The summed E-state index contributed by atoms with van der Waals surface area (Å²) in [4.78, 5) is 12.8. The van der Waals surface area contributed by atoms with E-state index in [-0.39, 0.29) is 6.61 Å². The van der Waals surface area contributed by atoms with Gasteiger partial charge < -0.3 is 25.4 Å². The van der Waals surface area contributed by atoms with E-state index < -0.39 is 24.5 Å². The van der Waals surface area contributed by atoms with Crippen molar-refractivity contribution in [1.82, 2.24) is 19.5 Å². The Hall–Kier alpha value is -2.59. The number of hydrogen-bond donors (Lipinski definition) is 4. The number of imidazole rings is 1. The van der Waals surface area contributed by atoms with Gasteiger partial charge in [0.2, 0.25) is 0 Å². The molecule has 3 aromatic rings. The first-order chi connectivity index (χ1) is 13.2. The predicted octanol–water partition coefficient (Wildman–Crippen LogP) is 0.0924. The van der Waals surface area contributed by atoms with E-state index in [1.54, 1.807) is 4.57 Å². The Bertz CT molecular complexity index is 903. The van der Waals surface area contributed by atoms with Gasteiger partial charge in [0.05, 0.1) is 12.9 Å². The van der Waals surface area contributed by atoms with Gasteiger partial charge in [-0.25, -0.2) is 15.0 Å². The van der Waals surface area contributed by atoms with E-state index >= 15 is 0 Å². The van der Waals surface area contributed by atoms with Crippen molar-refractivity contribution in [3.8, 4) is 0 Å². The lowest BCUT2D eigenvalue weighted by Gasteiger charge is -2.16. The summed E-state index contributed by atoms with van der Waals surface area (Å²) >= 11 is 0. The molecule has 1 aromatic carbocycles. The maximum absolute atomic E-state index is 10.2. The highest BCUT2D eigenvalue weighted by Crippen LogP contribution is 2.32. The molecule has 0 radical (unpaired) electrons. The topological polar surface area (TPSA) is 126 Å². The Morgan fingerprint density at radius 3 is 2.63 bits per heavy atom. The molecule has 0 amide bonds. The summed E-state index contributed by atoms with van der Waals surface area (Å²) in [6.45, 7) is 0.291. The van der Waals surface area contributed by atoms with Gasteiger partial charge in [-0.15, -0.1) is 0 Å². The van der Waals surface area contributed by atoms with Crippen LogP contribution in [0.2, 0.25) is 0 Å². The van der Waals surface area contributed by atoms with Crippen molar-refractivity contribution < 1.29 is 20.1 Å². The zero-order chi connectivity index (χ0) is 18.8. The molecular formula is C18H21N5O4. The van der Waals surface area contributed by atoms with Crippen molar-refractivity contribution in [2.24, 2.45) is 0 Å². The molecule has 1 saturated heterocycles. The number of rotatable bonds is 6. The highest BCUT2D eigenvalue weighted by Gasteiger charge is 2.44. The number of hydrogen-bond acceptors (Lipinski definition) is 8. The molecule has 1 aliphatic heterocycles. The molecular weight excluding hydrogens is 350 g/mol. The monoisotopic (exact) mass is 371 g/mol. The van der Waals surface area contributed by atoms with Gasteiger partial charge in [-0.05, 0) is 12.0 Å². The first-order valence-electron chi connectivity index (χ1n) is 8.77. The predicted molar refractivity (Wildman–Crippen MR) is 97.0 cm³/mol. The Balaban J connectivity index is 1.53. The van der Waals surface area contributed by atoms with E-state index in [1.165, 1.54) is 18.2 Å². The summed E-state index contributed by atoms with van der Waals surface area (Å²) in [5, 5.41) is 32.7. The van der Waals surface area contributed by atoms with E-state index in [9.17, 15) is 15.3 Å². The van der Waals surface area contributed by atoms with Crippen LogP contribution in [-0.4, -0.2) is 66.3 Å². The molecule has 2 unspecified atom stereocenters. The average Bonchev–Trinajstić information content (AvgIpc) is 3.25. The van der Waals surface area contributed by atoms with Gasteiger partial charge >= 0.3 is 0 Å². The summed E-state index contributed by atoms with van der Waals surface area (Å²) in [6.07, 6.45) is -0.370. The second kappa shape index (κ2) is 7.57. The van der Waals surface area contributed by atoms with Gasteiger partial charge in [-0.3, -0.25) is 4.57 Å². The zero-order valence-electron chi connectivity index (χ0n) is 14.5. The Morgan fingerprint density at radius 2 is 1.89 bits per heavy atom. The van der Waals surface area contributed by atoms with Crippen LogP contribution in [0.15, 0.2) is 43.0 Å². The van der Waals surface area contributed by atoms with E-state index in [0.717, 1.165) is 6.42 Å². The molecule has 0 aliphatic carbocycles. The SMILES string of the molecule is OC[C@H]1O[C@@H](n2cnc3c(NCCc4ccccc4)ncnc32)C(O)C1O. The largest absolute Gasteiger partial charge is 0.394 e. The number of anilines is 1. The van der Waals surface area contributed by atoms with Gasteiger partial charge in [0, 0.05) is 6.54 Å². The van der Waals surface area contributed by atoms with Crippen molar-refractivity contribution in [3.63, 3.8) is 0 Å². The zero-order valence-corrected chi connectivity index (χ0v) is 14.5. The minimum Gasteiger partial charge on any atom is -0.394 e. The van der Waals surface area contributed by atoms with Crippen LogP contribution in [0.3, 0.4) is 0 Å². The first-order valence-corrected chi connectivity index (χ1v) is 8.77. The van der Waals surface area contributed by atoms with Crippen LogP contribution in [0.1, 0.15) is 11.8 Å². The van der Waals surface area contributed by atoms with Crippen LogP contribution < -0.4 is 5.32 Å². The molecule has 0 spiro atoms. The molecule has 9 heteroatoms. The highest BCUT2D eigenvalue weighted by atomic mass is 16.6. The van der Waals surface area contributed by atoms with Crippen LogP contribution in [0.5, 0.6) is 0 Å². The number of ether oxygens (including phenoxy) is 1. The standard InChI is InChI=1S/C18H21N5O4/c24-8-12-14(25)15(26)18(27-12)23-10-22-13-16(20-9-21-17(13)23)19-7-6-11-4-2-1-3-5-11/h1-5,9-10,12,14-15,18,24-26H,6-8H2,(H,19,20,21)/t12-,14?,15?,18-/m1/s1. The normalized spacial score (nSPS) is 25.1. The molecule has 0 bridgehead atoms. The fraction of sp³-hybridized carbons (Fsp3) is 0.389. The van der Waals surface area contributed by atoms with Gasteiger partial charge in [0.1, 0.15) is 24.6 Å². The number of aliphatic hydroxyl groups is 3. The fourth-order valence-electron chi connectivity index (χ4n) is 3.25. The molecule has 1 fully saturated rings. The van der Waals surface area contributed by atoms with Crippen molar-refractivity contribution in [1.29, 1.82) is 0 Å². The first kappa shape index (κ1) is 17.8. The summed E-state index contributed by atoms with van der Waals surface area (Å²) in [6, 6.07) is 10.1. The minimum absolute atomic E-state index is 0.386. The van der Waals surface area contributed by atoms with Gasteiger partial charge in [0.15, 0.2) is 23.2 Å². The van der Waals surface area contributed by atoms with E-state index in [0.29, 0.717) is 23.5 Å². The Morgan fingerprint density at radius 1 is 1.07 bits per heavy atom. The van der Waals surface area contributed by atoms with Crippen molar-refractivity contribution in [2.75, 3.05) is 18.5 Å². The lowest BCUT2D eigenvalue weighted by atomic mass is 10.1. The van der Waals surface area contributed by atoms with Crippen molar-refractivity contribution in [2.45, 2.75) is 31.0 Å². The molecule has 3 heterocycles. The van der Waals surface area contributed by atoms with Crippen LogP contribution in [0.25, 0.3) is 11.2 Å². The van der Waals surface area contributed by atoms with Crippen LogP contribution in [0.4, 0.5) is 5.82 Å². The van der Waals surface area contributed by atoms with Crippen LogP contribution in [-0.2, 0) is 11.2 Å². The Kier molecular flexibility index (Phi) is 4.99.